The van der Waals surface area contributed by atoms with Gasteiger partial charge in [-0.15, -0.1) is 0 Å². The number of rotatable bonds is 3. The smallest absolute Gasteiger partial charge is 0.330 e. The summed E-state index contributed by atoms with van der Waals surface area (Å²) in [6, 6.07) is 3.73. The summed E-state index contributed by atoms with van der Waals surface area (Å²) in [6.45, 7) is 3.70. The summed E-state index contributed by atoms with van der Waals surface area (Å²) in [5, 5.41) is 5.18. The number of carbonyl (C=O) groups excluding carboxylic acids is 1. The van der Waals surface area contributed by atoms with E-state index in [-0.39, 0.29) is 5.97 Å². The standard InChI is InChI=1S/C16H16ClNO3/c1-2-20-15(19)6-5-13-11-9-18-8-7-10-12(17)3-4-14(21-13)16(10)11/h3-6,18H,2,7-9H2,1H3/b6-5+. The predicted molar refractivity (Wildman–Crippen MR) is 82.3 cm³/mol. The van der Waals surface area contributed by atoms with Crippen molar-refractivity contribution < 1.29 is 13.9 Å². The van der Waals surface area contributed by atoms with Crippen LogP contribution in [0.15, 0.2) is 22.6 Å². The fraction of sp³-hybridized carbons (Fsp3) is 0.312. The lowest BCUT2D eigenvalue weighted by Crippen LogP contribution is -2.14. The van der Waals surface area contributed by atoms with E-state index in [9.17, 15) is 4.79 Å². The van der Waals surface area contributed by atoms with Crippen molar-refractivity contribution in [1.29, 1.82) is 0 Å². The number of benzene rings is 1. The van der Waals surface area contributed by atoms with Crippen LogP contribution in [0.1, 0.15) is 23.8 Å². The molecule has 2 heterocycles. The first-order valence-corrected chi connectivity index (χ1v) is 7.36. The van der Waals surface area contributed by atoms with Gasteiger partial charge in [0.1, 0.15) is 11.3 Å². The van der Waals surface area contributed by atoms with E-state index >= 15 is 0 Å². The topological polar surface area (TPSA) is 51.5 Å². The van der Waals surface area contributed by atoms with Crippen molar-refractivity contribution in [3.8, 4) is 0 Å². The molecule has 5 heteroatoms. The number of halogens is 1. The Morgan fingerprint density at radius 2 is 2.33 bits per heavy atom. The molecule has 3 rings (SSSR count). The van der Waals surface area contributed by atoms with Gasteiger partial charge in [-0.25, -0.2) is 4.79 Å². The van der Waals surface area contributed by atoms with Crippen molar-refractivity contribution in [1.82, 2.24) is 5.32 Å². The second-order valence-electron chi connectivity index (χ2n) is 4.86. The molecule has 0 spiro atoms. The summed E-state index contributed by atoms with van der Waals surface area (Å²) in [7, 11) is 0. The zero-order valence-corrected chi connectivity index (χ0v) is 12.5. The number of esters is 1. The number of nitrogens with one attached hydrogen (secondary N) is 1. The summed E-state index contributed by atoms with van der Waals surface area (Å²) < 4.78 is 10.7. The second-order valence-corrected chi connectivity index (χ2v) is 5.26. The highest BCUT2D eigenvalue weighted by molar-refractivity contribution is 6.32. The highest BCUT2D eigenvalue weighted by atomic mass is 35.5. The Balaban J connectivity index is 2.08. The van der Waals surface area contributed by atoms with Crippen molar-refractivity contribution in [2.75, 3.05) is 13.2 Å². The number of furan rings is 1. The van der Waals surface area contributed by atoms with Gasteiger partial charge in [0, 0.05) is 28.6 Å². The molecule has 1 N–H and O–H groups in total. The van der Waals surface area contributed by atoms with Gasteiger partial charge in [-0.1, -0.05) is 11.6 Å². The van der Waals surface area contributed by atoms with Gasteiger partial charge in [0.2, 0.25) is 0 Å². The molecule has 0 saturated heterocycles. The Morgan fingerprint density at radius 1 is 1.48 bits per heavy atom. The largest absolute Gasteiger partial charge is 0.463 e. The van der Waals surface area contributed by atoms with Gasteiger partial charge < -0.3 is 14.5 Å². The molecule has 21 heavy (non-hydrogen) atoms. The summed E-state index contributed by atoms with van der Waals surface area (Å²) in [5.41, 5.74) is 2.95. The molecule has 2 aromatic rings. The fourth-order valence-electron chi connectivity index (χ4n) is 2.64. The lowest BCUT2D eigenvalue weighted by molar-refractivity contribution is -0.137. The lowest BCUT2D eigenvalue weighted by atomic mass is 10.0. The highest BCUT2D eigenvalue weighted by Gasteiger charge is 2.20. The Kier molecular flexibility index (Phi) is 3.99. The summed E-state index contributed by atoms with van der Waals surface area (Å²) >= 11 is 6.30. The SMILES string of the molecule is CCOC(=O)/C=C/c1oc2ccc(Cl)c3c2c1CNCC3. The number of hydrogen-bond acceptors (Lipinski definition) is 4. The van der Waals surface area contributed by atoms with E-state index in [0.717, 1.165) is 40.1 Å². The van der Waals surface area contributed by atoms with Crippen molar-refractivity contribution in [3.63, 3.8) is 0 Å². The van der Waals surface area contributed by atoms with Crippen LogP contribution >= 0.6 is 11.6 Å². The van der Waals surface area contributed by atoms with Crippen LogP contribution in [0.3, 0.4) is 0 Å². The van der Waals surface area contributed by atoms with E-state index in [1.165, 1.54) is 6.08 Å². The van der Waals surface area contributed by atoms with Gasteiger partial charge in [-0.05, 0) is 43.7 Å². The van der Waals surface area contributed by atoms with Crippen LogP contribution in [0.4, 0.5) is 0 Å². The Morgan fingerprint density at radius 3 is 3.14 bits per heavy atom. The lowest BCUT2D eigenvalue weighted by Gasteiger charge is -2.02. The van der Waals surface area contributed by atoms with Crippen LogP contribution in [0.5, 0.6) is 0 Å². The summed E-state index contributed by atoms with van der Waals surface area (Å²) in [5.74, 6) is 0.306. The monoisotopic (exact) mass is 305 g/mol. The quantitative estimate of drug-likeness (QED) is 0.698. The maximum Gasteiger partial charge on any atom is 0.330 e. The average molecular weight is 306 g/mol. The molecule has 1 aliphatic rings. The van der Waals surface area contributed by atoms with Crippen molar-refractivity contribution in [2.45, 2.75) is 19.9 Å². The molecule has 4 nitrogen and oxygen atoms in total. The molecular weight excluding hydrogens is 290 g/mol. The normalized spacial score (nSPS) is 14.6. The minimum Gasteiger partial charge on any atom is -0.463 e. The molecule has 0 atom stereocenters. The molecule has 0 unspecified atom stereocenters. The van der Waals surface area contributed by atoms with E-state index in [1.807, 2.05) is 12.1 Å². The van der Waals surface area contributed by atoms with Gasteiger partial charge in [-0.3, -0.25) is 0 Å². The van der Waals surface area contributed by atoms with E-state index in [4.69, 9.17) is 20.8 Å². The second kappa shape index (κ2) is 5.92. The number of carbonyl (C=O) groups is 1. The molecule has 0 aliphatic carbocycles. The molecule has 0 radical (unpaired) electrons. The maximum atomic E-state index is 11.4. The van der Waals surface area contributed by atoms with Crippen LogP contribution in [0.2, 0.25) is 5.02 Å². The molecule has 0 fully saturated rings. The van der Waals surface area contributed by atoms with Gasteiger partial charge in [0.15, 0.2) is 0 Å². The number of ether oxygens (including phenoxy) is 1. The van der Waals surface area contributed by atoms with E-state index in [1.54, 1.807) is 13.0 Å². The Bertz CT molecular complexity index is 718. The average Bonchev–Trinajstić information content (AvgIpc) is 2.66. The van der Waals surface area contributed by atoms with Crippen LogP contribution in [-0.4, -0.2) is 19.1 Å². The molecule has 110 valence electrons. The van der Waals surface area contributed by atoms with Crippen LogP contribution in [0, 0.1) is 0 Å². The molecule has 1 aromatic heterocycles. The van der Waals surface area contributed by atoms with Crippen LogP contribution in [-0.2, 0) is 22.5 Å². The maximum absolute atomic E-state index is 11.4. The molecule has 0 amide bonds. The Hall–Kier alpha value is -1.78. The molecule has 1 aromatic carbocycles. The van der Waals surface area contributed by atoms with E-state index < -0.39 is 0 Å². The van der Waals surface area contributed by atoms with Crippen LogP contribution < -0.4 is 5.32 Å². The third-order valence-electron chi connectivity index (χ3n) is 3.55. The third kappa shape index (κ3) is 2.69. The fourth-order valence-corrected chi connectivity index (χ4v) is 2.89. The van der Waals surface area contributed by atoms with Crippen molar-refractivity contribution in [3.05, 3.63) is 40.1 Å². The first-order valence-electron chi connectivity index (χ1n) is 6.99. The molecule has 0 bridgehead atoms. The summed E-state index contributed by atoms with van der Waals surface area (Å²) in [6.07, 6.45) is 3.92. The third-order valence-corrected chi connectivity index (χ3v) is 3.90. The predicted octanol–water partition coefficient (Wildman–Crippen LogP) is 3.31. The molecular formula is C16H16ClNO3. The zero-order valence-electron chi connectivity index (χ0n) is 11.7. The minimum atomic E-state index is -0.370. The van der Waals surface area contributed by atoms with Gasteiger partial charge in [0.05, 0.1) is 6.61 Å². The molecule has 0 saturated carbocycles. The number of hydrogen-bond donors (Lipinski definition) is 1. The Labute approximate surface area is 127 Å². The minimum absolute atomic E-state index is 0.359. The highest BCUT2D eigenvalue weighted by Crippen LogP contribution is 2.35. The van der Waals surface area contributed by atoms with E-state index in [0.29, 0.717) is 18.9 Å². The van der Waals surface area contributed by atoms with Gasteiger partial charge in [-0.2, -0.15) is 0 Å². The zero-order chi connectivity index (χ0) is 14.8. The first-order chi connectivity index (χ1) is 10.2. The van der Waals surface area contributed by atoms with Crippen molar-refractivity contribution in [2.24, 2.45) is 0 Å². The van der Waals surface area contributed by atoms with E-state index in [2.05, 4.69) is 5.32 Å². The van der Waals surface area contributed by atoms with Gasteiger partial charge >= 0.3 is 5.97 Å². The first kappa shape index (κ1) is 14.2. The van der Waals surface area contributed by atoms with Gasteiger partial charge in [0.25, 0.3) is 0 Å². The molecule has 1 aliphatic heterocycles. The van der Waals surface area contributed by atoms with Crippen LogP contribution in [0.25, 0.3) is 17.0 Å². The summed E-state index contributed by atoms with van der Waals surface area (Å²) in [4.78, 5) is 11.4. The van der Waals surface area contributed by atoms with Crippen molar-refractivity contribution >= 4 is 34.6 Å².